The number of non-ortho nitro benzene ring substituents is 1. The van der Waals surface area contributed by atoms with E-state index in [0.717, 1.165) is 19.3 Å². The molecule has 0 fully saturated rings. The molecule has 2 rings (SSSR count). The topological polar surface area (TPSA) is 106 Å². The number of unbranched alkanes of at least 4 members (excludes halogenated alkanes) is 5. The molecule has 0 saturated carbocycles. The van der Waals surface area contributed by atoms with Crippen molar-refractivity contribution in [1.82, 2.24) is 0 Å². The first-order chi connectivity index (χ1) is 14.0. The fourth-order valence-corrected chi connectivity index (χ4v) is 2.74. The highest BCUT2D eigenvalue weighted by Crippen LogP contribution is 2.25. The summed E-state index contributed by atoms with van der Waals surface area (Å²) in [5, 5.41) is 20.0. The van der Waals surface area contributed by atoms with E-state index in [4.69, 9.17) is 9.15 Å². The van der Waals surface area contributed by atoms with Gasteiger partial charge in [-0.25, -0.2) is 4.79 Å². The molecule has 0 atom stereocenters. The first kappa shape index (κ1) is 21.9. The van der Waals surface area contributed by atoms with Crippen LogP contribution < -0.4 is 0 Å². The zero-order valence-corrected chi connectivity index (χ0v) is 16.4. The largest absolute Gasteiger partial charge is 0.462 e. The molecule has 7 nitrogen and oxygen atoms in total. The van der Waals surface area contributed by atoms with Crippen molar-refractivity contribution < 1.29 is 18.9 Å². The summed E-state index contributed by atoms with van der Waals surface area (Å²) >= 11 is 0. The lowest BCUT2D eigenvalue weighted by atomic mass is 10.1. The van der Waals surface area contributed by atoms with E-state index in [1.807, 2.05) is 6.07 Å². The van der Waals surface area contributed by atoms with Gasteiger partial charge in [0.05, 0.1) is 11.5 Å². The number of carbonyl (C=O) groups excluding carboxylic acids is 1. The van der Waals surface area contributed by atoms with E-state index in [0.29, 0.717) is 17.1 Å². The Morgan fingerprint density at radius 2 is 1.83 bits per heavy atom. The minimum absolute atomic E-state index is 0.0136. The van der Waals surface area contributed by atoms with Gasteiger partial charge in [0.25, 0.3) is 5.69 Å². The molecule has 0 aliphatic rings. The minimum Gasteiger partial charge on any atom is -0.462 e. The molecule has 1 aromatic heterocycles. The van der Waals surface area contributed by atoms with E-state index in [-0.39, 0.29) is 17.9 Å². The second-order valence-electron chi connectivity index (χ2n) is 6.58. The quantitative estimate of drug-likeness (QED) is 0.121. The van der Waals surface area contributed by atoms with Crippen molar-refractivity contribution in [2.45, 2.75) is 45.4 Å². The maximum Gasteiger partial charge on any atom is 0.349 e. The Balaban J connectivity index is 1.93. The number of nitro groups is 1. The van der Waals surface area contributed by atoms with Gasteiger partial charge in [0.15, 0.2) is 0 Å². The van der Waals surface area contributed by atoms with E-state index in [9.17, 15) is 20.2 Å². The standard InChI is InChI=1S/C22H24N2O5/c1-2-3-4-5-6-7-14-28-22(25)18(16-23)15-20-12-13-21(29-20)17-8-10-19(11-9-17)24(26)27/h8-13,15H,2-7,14H2,1H3. The molecular weight excluding hydrogens is 372 g/mol. The number of nitrogens with zero attached hydrogens (tertiary/aromatic N) is 2. The van der Waals surface area contributed by atoms with Crippen molar-refractivity contribution in [3.8, 4) is 17.4 Å². The maximum absolute atomic E-state index is 12.1. The predicted octanol–water partition coefficient (Wildman–Crippen LogP) is 5.67. The lowest BCUT2D eigenvalue weighted by molar-refractivity contribution is -0.384. The molecule has 0 spiro atoms. The Labute approximate surface area is 169 Å². The number of ether oxygens (including phenoxy) is 1. The van der Waals surface area contributed by atoms with Crippen LogP contribution >= 0.6 is 0 Å². The molecule has 7 heteroatoms. The van der Waals surface area contributed by atoms with Crippen LogP contribution in [0.5, 0.6) is 0 Å². The third kappa shape index (κ3) is 6.92. The highest BCUT2D eigenvalue weighted by molar-refractivity contribution is 5.97. The van der Waals surface area contributed by atoms with Crippen molar-refractivity contribution in [2.24, 2.45) is 0 Å². The summed E-state index contributed by atoms with van der Waals surface area (Å²) in [5.41, 5.74) is 0.500. The number of carbonyl (C=O) groups is 1. The lowest BCUT2D eigenvalue weighted by Crippen LogP contribution is -2.07. The van der Waals surface area contributed by atoms with Gasteiger partial charge in [-0.1, -0.05) is 39.0 Å². The first-order valence-corrected chi connectivity index (χ1v) is 9.68. The SMILES string of the molecule is CCCCCCCCOC(=O)C(C#N)=Cc1ccc(-c2ccc([N+](=O)[O-])cc2)o1. The van der Waals surface area contributed by atoms with Gasteiger partial charge in [-0.3, -0.25) is 10.1 Å². The number of benzene rings is 1. The van der Waals surface area contributed by atoms with Gasteiger partial charge in [0, 0.05) is 23.8 Å². The van der Waals surface area contributed by atoms with E-state index in [2.05, 4.69) is 6.92 Å². The summed E-state index contributed by atoms with van der Waals surface area (Å²) in [7, 11) is 0. The highest BCUT2D eigenvalue weighted by Gasteiger charge is 2.13. The molecule has 0 bridgehead atoms. The summed E-state index contributed by atoms with van der Waals surface area (Å²) in [6.07, 6.45) is 7.80. The molecule has 152 valence electrons. The molecule has 1 heterocycles. The average molecular weight is 396 g/mol. The van der Waals surface area contributed by atoms with Gasteiger partial charge in [-0.15, -0.1) is 0 Å². The monoisotopic (exact) mass is 396 g/mol. The number of hydrogen-bond acceptors (Lipinski definition) is 6. The number of hydrogen-bond donors (Lipinski definition) is 0. The number of nitro benzene ring substituents is 1. The van der Waals surface area contributed by atoms with Gasteiger partial charge < -0.3 is 9.15 Å². The molecule has 0 aliphatic carbocycles. The van der Waals surface area contributed by atoms with Gasteiger partial charge in [0.1, 0.15) is 23.2 Å². The normalized spacial score (nSPS) is 11.1. The van der Waals surface area contributed by atoms with Crippen molar-refractivity contribution in [1.29, 1.82) is 5.26 Å². The molecule has 1 aromatic carbocycles. The molecular formula is C22H24N2O5. The van der Waals surface area contributed by atoms with Crippen molar-refractivity contribution in [3.05, 3.63) is 57.8 Å². The summed E-state index contributed by atoms with van der Waals surface area (Å²) in [6.45, 7) is 2.45. The lowest BCUT2D eigenvalue weighted by Gasteiger charge is -2.03. The van der Waals surface area contributed by atoms with Crippen LogP contribution in [-0.4, -0.2) is 17.5 Å². The predicted molar refractivity (Wildman–Crippen MR) is 109 cm³/mol. The van der Waals surface area contributed by atoms with Crippen molar-refractivity contribution in [3.63, 3.8) is 0 Å². The minimum atomic E-state index is -0.672. The fraction of sp³-hybridized carbons (Fsp3) is 0.364. The van der Waals surface area contributed by atoms with E-state index in [1.165, 1.54) is 37.5 Å². The molecule has 0 aliphatic heterocycles. The first-order valence-electron chi connectivity index (χ1n) is 9.68. The van der Waals surface area contributed by atoms with E-state index < -0.39 is 10.9 Å². The number of nitriles is 1. The molecule has 0 unspecified atom stereocenters. The molecule has 0 amide bonds. The smallest absolute Gasteiger partial charge is 0.349 e. The average Bonchev–Trinajstić information content (AvgIpc) is 3.20. The summed E-state index contributed by atoms with van der Waals surface area (Å²) in [5.74, 6) is 0.129. The molecule has 29 heavy (non-hydrogen) atoms. The van der Waals surface area contributed by atoms with Crippen LogP contribution in [0.3, 0.4) is 0 Å². The second-order valence-corrected chi connectivity index (χ2v) is 6.58. The Bertz CT molecular complexity index is 891. The van der Waals surface area contributed by atoms with Crippen LogP contribution in [0.1, 0.15) is 51.2 Å². The van der Waals surface area contributed by atoms with Gasteiger partial charge in [-0.2, -0.15) is 5.26 Å². The van der Waals surface area contributed by atoms with Crippen molar-refractivity contribution in [2.75, 3.05) is 6.61 Å². The number of furan rings is 1. The van der Waals surface area contributed by atoms with Crippen LogP contribution in [0, 0.1) is 21.4 Å². The van der Waals surface area contributed by atoms with E-state index in [1.54, 1.807) is 24.3 Å². The second kappa shape index (κ2) is 11.4. The zero-order valence-electron chi connectivity index (χ0n) is 16.4. The summed E-state index contributed by atoms with van der Waals surface area (Å²) in [4.78, 5) is 22.3. The van der Waals surface area contributed by atoms with Crippen molar-refractivity contribution >= 4 is 17.7 Å². The highest BCUT2D eigenvalue weighted by atomic mass is 16.6. The fourth-order valence-electron chi connectivity index (χ4n) is 2.74. The van der Waals surface area contributed by atoms with E-state index >= 15 is 0 Å². The van der Waals surface area contributed by atoms with Crippen LogP contribution in [0.15, 0.2) is 46.4 Å². The Hall–Kier alpha value is -3.40. The van der Waals surface area contributed by atoms with Gasteiger partial charge in [0.2, 0.25) is 0 Å². The number of esters is 1. The zero-order chi connectivity index (χ0) is 21.1. The summed E-state index contributed by atoms with van der Waals surface area (Å²) in [6, 6.07) is 11.0. The van der Waals surface area contributed by atoms with Crippen LogP contribution in [0.4, 0.5) is 5.69 Å². The van der Waals surface area contributed by atoms with Crippen LogP contribution in [-0.2, 0) is 9.53 Å². The summed E-state index contributed by atoms with van der Waals surface area (Å²) < 4.78 is 10.8. The van der Waals surface area contributed by atoms with Gasteiger partial charge in [-0.05, 0) is 30.7 Å². The maximum atomic E-state index is 12.1. The third-order valence-corrected chi connectivity index (χ3v) is 4.35. The molecule has 0 radical (unpaired) electrons. The molecule has 0 saturated heterocycles. The van der Waals surface area contributed by atoms with Gasteiger partial charge >= 0.3 is 5.97 Å². The number of rotatable bonds is 11. The third-order valence-electron chi connectivity index (χ3n) is 4.35. The Morgan fingerprint density at radius 1 is 1.14 bits per heavy atom. The van der Waals surface area contributed by atoms with Crippen LogP contribution in [0.2, 0.25) is 0 Å². The Kier molecular flexibility index (Phi) is 8.64. The Morgan fingerprint density at radius 3 is 2.48 bits per heavy atom. The van der Waals surface area contributed by atoms with Crippen LogP contribution in [0.25, 0.3) is 17.4 Å². The molecule has 0 N–H and O–H groups in total. The molecule has 2 aromatic rings.